The maximum atomic E-state index is 14.1. The number of carbonyl (C=O) groups is 3. The van der Waals surface area contributed by atoms with Gasteiger partial charge in [-0.15, -0.1) is 23.5 Å². The summed E-state index contributed by atoms with van der Waals surface area (Å²) in [5.41, 5.74) is 7.92. The van der Waals surface area contributed by atoms with E-state index in [1.807, 2.05) is 86.2 Å². The number of hydrogen-bond donors (Lipinski definition) is 2. The van der Waals surface area contributed by atoms with Crippen LogP contribution in [-0.2, 0) is 24.0 Å². The molecule has 2 aliphatic rings. The number of aromatic nitrogens is 2. The molecule has 2 unspecified atom stereocenters. The number of esters is 1. The fraction of sp³-hybridized carbons (Fsp3) is 0.312. The number of nitrogens with one attached hydrogen (secondary N) is 1. The van der Waals surface area contributed by atoms with E-state index in [1.165, 1.54) is 16.7 Å². The van der Waals surface area contributed by atoms with Gasteiger partial charge in [0.15, 0.2) is 11.2 Å². The van der Waals surface area contributed by atoms with Crippen molar-refractivity contribution in [3.8, 4) is 0 Å². The molecule has 3 aromatic rings. The number of hydrogen-bond acceptors (Lipinski definition) is 13. The summed E-state index contributed by atoms with van der Waals surface area (Å²) in [7, 11) is 4.02. The van der Waals surface area contributed by atoms with Gasteiger partial charge in [0.25, 0.3) is 11.8 Å². The largest absolute Gasteiger partial charge is 0.448 e. The standard InChI is InChI=1S/C32H35N7O5S3/c1-4-43-36-23(27-35-32(33)47-37-27)28(40)34-24-29(41)39-25(22(19-46-30(24)39)15-17-45-18-16-38(2)3)31(42)44-26(20-11-7-5-8-12-20)21-13-9-6-10-14-21/h5-15,17,24,26,30H,4,16,18-19H2,1-3H3,(H,34,40)(H2,33,35,37)/b17-15+,36-23+. The Morgan fingerprint density at radius 2 is 1.85 bits per heavy atom. The zero-order valence-corrected chi connectivity index (χ0v) is 28.5. The summed E-state index contributed by atoms with van der Waals surface area (Å²) in [5, 5.41) is 8.15. The molecule has 1 aromatic heterocycles. The van der Waals surface area contributed by atoms with Gasteiger partial charge in [0, 0.05) is 29.6 Å². The topological polar surface area (TPSA) is 152 Å². The molecule has 15 heteroatoms. The van der Waals surface area contributed by atoms with Gasteiger partial charge >= 0.3 is 5.97 Å². The number of carbonyl (C=O) groups excluding carboxylic acids is 3. The van der Waals surface area contributed by atoms with E-state index in [1.54, 1.807) is 18.7 Å². The van der Waals surface area contributed by atoms with Crippen molar-refractivity contribution >= 4 is 63.7 Å². The Hall–Kier alpha value is -4.18. The molecule has 1 fully saturated rings. The highest BCUT2D eigenvalue weighted by atomic mass is 32.2. The first kappa shape index (κ1) is 34.2. The first-order valence-electron chi connectivity index (χ1n) is 14.8. The van der Waals surface area contributed by atoms with Crippen molar-refractivity contribution in [3.63, 3.8) is 0 Å². The molecule has 2 aromatic carbocycles. The summed E-state index contributed by atoms with van der Waals surface area (Å²) in [6.07, 6.45) is 1.16. The molecule has 5 rings (SSSR count). The van der Waals surface area contributed by atoms with Gasteiger partial charge < -0.3 is 25.5 Å². The second-order valence-corrected chi connectivity index (χ2v) is 13.5. The highest BCUT2D eigenvalue weighted by molar-refractivity contribution is 8.02. The second-order valence-electron chi connectivity index (χ2n) is 10.6. The number of β-lactam (4-membered cyclic amide) rings is 1. The third kappa shape index (κ3) is 8.22. The third-order valence-electron chi connectivity index (χ3n) is 7.08. The number of thioether (sulfide) groups is 2. The summed E-state index contributed by atoms with van der Waals surface area (Å²) in [4.78, 5) is 53.9. The highest BCUT2D eigenvalue weighted by Gasteiger charge is 2.54. The number of anilines is 1. The lowest BCUT2D eigenvalue weighted by Gasteiger charge is -2.49. The van der Waals surface area contributed by atoms with Gasteiger partial charge in [0.1, 0.15) is 23.7 Å². The maximum Gasteiger partial charge on any atom is 0.356 e. The van der Waals surface area contributed by atoms with Crippen LogP contribution in [0.5, 0.6) is 0 Å². The average Bonchev–Trinajstić information content (AvgIpc) is 3.51. The van der Waals surface area contributed by atoms with E-state index in [9.17, 15) is 14.4 Å². The number of allylic oxidation sites excluding steroid dienone is 1. The van der Waals surface area contributed by atoms with Crippen LogP contribution in [0.25, 0.3) is 0 Å². The minimum atomic E-state index is -0.933. The molecule has 2 atom stereocenters. The predicted molar refractivity (Wildman–Crippen MR) is 186 cm³/mol. The van der Waals surface area contributed by atoms with Gasteiger partial charge in [-0.05, 0) is 49.2 Å². The predicted octanol–water partition coefficient (Wildman–Crippen LogP) is 3.66. The van der Waals surface area contributed by atoms with Crippen LogP contribution in [0.4, 0.5) is 5.13 Å². The van der Waals surface area contributed by atoms with Crippen molar-refractivity contribution < 1.29 is 24.0 Å². The number of amides is 2. The quantitative estimate of drug-likeness (QED) is 0.0837. The van der Waals surface area contributed by atoms with E-state index in [-0.39, 0.29) is 29.0 Å². The van der Waals surface area contributed by atoms with Crippen LogP contribution in [0, 0.1) is 0 Å². The molecule has 47 heavy (non-hydrogen) atoms. The fourth-order valence-corrected chi connectivity index (χ4v) is 7.41. The van der Waals surface area contributed by atoms with Crippen LogP contribution in [-0.4, -0.2) is 92.8 Å². The molecule has 2 amide bonds. The van der Waals surface area contributed by atoms with Gasteiger partial charge in [-0.2, -0.15) is 9.36 Å². The van der Waals surface area contributed by atoms with E-state index in [2.05, 4.69) is 24.7 Å². The maximum absolute atomic E-state index is 14.1. The zero-order valence-electron chi connectivity index (χ0n) is 26.1. The minimum absolute atomic E-state index is 0.00501. The van der Waals surface area contributed by atoms with Gasteiger partial charge in [-0.1, -0.05) is 65.8 Å². The molecule has 0 radical (unpaired) electrons. The number of rotatable bonds is 14. The molecular formula is C32H35N7O5S3. The molecule has 0 saturated carbocycles. The van der Waals surface area contributed by atoms with Crippen LogP contribution >= 0.6 is 35.1 Å². The first-order valence-corrected chi connectivity index (χ1v) is 17.7. The van der Waals surface area contributed by atoms with Crippen molar-refractivity contribution in [1.29, 1.82) is 0 Å². The van der Waals surface area contributed by atoms with E-state index in [0.29, 0.717) is 11.3 Å². The number of nitrogens with two attached hydrogens (primary N) is 1. The first-order chi connectivity index (χ1) is 22.8. The SMILES string of the molecule is CCO/N=C(/C(=O)NC1C(=O)N2C(C(=O)OC(c3ccccc3)c3ccccc3)=C(/C=C/SCCN(C)C)CSC12)c1nsc(N)n1. The monoisotopic (exact) mass is 693 g/mol. The Balaban J connectivity index is 1.41. The highest BCUT2D eigenvalue weighted by Crippen LogP contribution is 2.42. The Morgan fingerprint density at radius 3 is 2.45 bits per heavy atom. The van der Waals surface area contributed by atoms with Crippen LogP contribution in [0.15, 0.2) is 88.6 Å². The summed E-state index contributed by atoms with van der Waals surface area (Å²) in [6.45, 7) is 2.81. The molecule has 246 valence electrons. The Kier molecular flexibility index (Phi) is 11.7. The van der Waals surface area contributed by atoms with E-state index in [4.69, 9.17) is 15.3 Å². The lowest BCUT2D eigenvalue weighted by molar-refractivity contribution is -0.154. The van der Waals surface area contributed by atoms with Crippen LogP contribution in [0.1, 0.15) is 30.0 Å². The second kappa shape index (κ2) is 16.1. The molecule has 0 aliphatic carbocycles. The number of oxime groups is 1. The van der Waals surface area contributed by atoms with Gasteiger partial charge in [0.05, 0.1) is 0 Å². The average molecular weight is 694 g/mol. The number of benzene rings is 2. The van der Waals surface area contributed by atoms with E-state index >= 15 is 0 Å². The number of fused-ring (bicyclic) bond motifs is 1. The number of nitrogens with zero attached hydrogens (tertiary/aromatic N) is 5. The summed E-state index contributed by atoms with van der Waals surface area (Å²) in [6, 6.07) is 18.0. The minimum Gasteiger partial charge on any atom is -0.448 e. The smallest absolute Gasteiger partial charge is 0.356 e. The Morgan fingerprint density at radius 1 is 1.17 bits per heavy atom. The molecule has 3 heterocycles. The summed E-state index contributed by atoms with van der Waals surface area (Å²) < 4.78 is 10.3. The molecule has 12 nitrogen and oxygen atoms in total. The molecule has 0 spiro atoms. The number of ether oxygens (including phenoxy) is 1. The molecule has 2 aliphatic heterocycles. The molecule has 3 N–H and O–H groups in total. The van der Waals surface area contributed by atoms with Gasteiger partial charge in [-0.25, -0.2) is 4.79 Å². The molecule has 1 saturated heterocycles. The molecule has 0 bridgehead atoms. The van der Waals surface area contributed by atoms with Crippen molar-refractivity contribution in [1.82, 2.24) is 24.5 Å². The Bertz CT molecular complexity index is 1620. The van der Waals surface area contributed by atoms with E-state index in [0.717, 1.165) is 35.0 Å². The normalized spacial score (nSPS) is 18.0. The van der Waals surface area contributed by atoms with Crippen molar-refractivity contribution in [2.45, 2.75) is 24.4 Å². The van der Waals surface area contributed by atoms with Crippen LogP contribution in [0.3, 0.4) is 0 Å². The van der Waals surface area contributed by atoms with E-state index < -0.39 is 35.3 Å². The number of nitrogen functional groups attached to an aromatic ring is 1. The van der Waals surface area contributed by atoms with Crippen LogP contribution < -0.4 is 11.1 Å². The Labute approximate surface area is 285 Å². The van der Waals surface area contributed by atoms with Gasteiger partial charge in [-0.3, -0.25) is 14.5 Å². The summed E-state index contributed by atoms with van der Waals surface area (Å²) in [5.74, 6) is -0.510. The van der Waals surface area contributed by atoms with Crippen LogP contribution in [0.2, 0.25) is 0 Å². The third-order valence-corrected chi connectivity index (χ3v) is 9.67. The fourth-order valence-electron chi connectivity index (χ4n) is 4.79. The summed E-state index contributed by atoms with van der Waals surface area (Å²) >= 11 is 3.96. The van der Waals surface area contributed by atoms with Crippen molar-refractivity contribution in [2.75, 3.05) is 44.5 Å². The zero-order chi connectivity index (χ0) is 33.3. The molecular weight excluding hydrogens is 659 g/mol. The van der Waals surface area contributed by atoms with Crippen molar-refractivity contribution in [2.24, 2.45) is 5.16 Å². The lowest BCUT2D eigenvalue weighted by atomic mass is 10.0. The van der Waals surface area contributed by atoms with Crippen molar-refractivity contribution in [3.05, 3.63) is 100 Å². The van der Waals surface area contributed by atoms with Gasteiger partial charge in [0.2, 0.25) is 11.5 Å². The lowest BCUT2D eigenvalue weighted by Crippen LogP contribution is -2.71.